The summed E-state index contributed by atoms with van der Waals surface area (Å²) in [6, 6.07) is 8.39. The van der Waals surface area contributed by atoms with Gasteiger partial charge in [-0.25, -0.2) is 0 Å². The van der Waals surface area contributed by atoms with Gasteiger partial charge in [0.1, 0.15) is 0 Å². The lowest BCUT2D eigenvalue weighted by Crippen LogP contribution is -2.21. The number of allylic oxidation sites excluding steroid dienone is 3. The second-order valence-corrected chi connectivity index (χ2v) is 4.58. The molecular formula is C16H17F3N2O. The molecule has 6 heteroatoms. The Hall–Kier alpha value is -2.26. The predicted molar refractivity (Wildman–Crippen MR) is 79.2 cm³/mol. The first-order valence-corrected chi connectivity index (χ1v) is 6.66. The molecular weight excluding hydrogens is 293 g/mol. The Morgan fingerprint density at radius 1 is 1.41 bits per heavy atom. The van der Waals surface area contributed by atoms with Crippen molar-refractivity contribution in [2.75, 3.05) is 18.6 Å². The molecule has 0 aliphatic heterocycles. The zero-order valence-electron chi connectivity index (χ0n) is 12.4. The molecule has 3 nitrogen and oxygen atoms in total. The summed E-state index contributed by atoms with van der Waals surface area (Å²) < 4.78 is 38.8. The molecule has 0 radical (unpaired) electrons. The Morgan fingerprint density at radius 2 is 2.09 bits per heavy atom. The van der Waals surface area contributed by atoms with Crippen LogP contribution in [0.2, 0.25) is 0 Å². The van der Waals surface area contributed by atoms with Gasteiger partial charge in [0.25, 0.3) is 0 Å². The number of rotatable bonds is 5. The molecule has 0 aromatic heterocycles. The molecule has 0 unspecified atom stereocenters. The van der Waals surface area contributed by atoms with Gasteiger partial charge in [-0.15, -0.1) is 0 Å². The SMILES string of the molecule is CCC=C(C=C(CO)N(C)c1cccc(C#N)c1)C(F)(F)F. The maximum absolute atomic E-state index is 12.9. The summed E-state index contributed by atoms with van der Waals surface area (Å²) in [4.78, 5) is 1.43. The van der Waals surface area contributed by atoms with E-state index < -0.39 is 18.4 Å². The van der Waals surface area contributed by atoms with Gasteiger partial charge < -0.3 is 10.0 Å². The molecule has 1 aromatic carbocycles. The lowest BCUT2D eigenvalue weighted by molar-refractivity contribution is -0.0885. The smallest absolute Gasteiger partial charge is 0.390 e. The van der Waals surface area contributed by atoms with E-state index in [1.54, 1.807) is 38.2 Å². The van der Waals surface area contributed by atoms with Crippen molar-refractivity contribution in [2.24, 2.45) is 0 Å². The van der Waals surface area contributed by atoms with Gasteiger partial charge >= 0.3 is 6.18 Å². The fourth-order valence-corrected chi connectivity index (χ4v) is 1.85. The number of hydrogen-bond donors (Lipinski definition) is 1. The minimum absolute atomic E-state index is 0.0899. The summed E-state index contributed by atoms with van der Waals surface area (Å²) in [5.74, 6) is 0. The molecule has 0 saturated heterocycles. The van der Waals surface area contributed by atoms with E-state index in [1.807, 2.05) is 6.07 Å². The molecule has 0 saturated carbocycles. The number of nitriles is 1. The Balaban J connectivity index is 3.21. The Labute approximate surface area is 127 Å². The number of nitrogens with zero attached hydrogens (tertiary/aromatic N) is 2. The number of aliphatic hydroxyl groups excluding tert-OH is 1. The van der Waals surface area contributed by atoms with Crippen LogP contribution in [0.15, 0.2) is 47.7 Å². The van der Waals surface area contributed by atoms with Crippen LogP contribution in [0.5, 0.6) is 0 Å². The molecule has 0 amide bonds. The Kier molecular flexibility index (Phi) is 6.20. The van der Waals surface area contributed by atoms with Crippen molar-refractivity contribution in [1.29, 1.82) is 5.26 Å². The molecule has 0 heterocycles. The molecule has 0 aliphatic rings. The van der Waals surface area contributed by atoms with E-state index in [1.165, 1.54) is 4.90 Å². The summed E-state index contributed by atoms with van der Waals surface area (Å²) in [5.41, 5.74) is 0.202. The molecule has 118 valence electrons. The predicted octanol–water partition coefficient (Wildman–Crippen LogP) is 3.77. The van der Waals surface area contributed by atoms with Gasteiger partial charge in [0.05, 0.1) is 23.8 Å². The summed E-state index contributed by atoms with van der Waals surface area (Å²) in [5, 5.41) is 18.3. The fraction of sp³-hybridized carbons (Fsp3) is 0.312. The van der Waals surface area contributed by atoms with Gasteiger partial charge in [-0.1, -0.05) is 19.1 Å². The number of alkyl halides is 3. The van der Waals surface area contributed by atoms with Crippen LogP contribution >= 0.6 is 0 Å². The van der Waals surface area contributed by atoms with Crippen LogP contribution in [0.4, 0.5) is 18.9 Å². The van der Waals surface area contributed by atoms with Crippen molar-refractivity contribution in [2.45, 2.75) is 19.5 Å². The number of likely N-dealkylation sites (N-methyl/N-ethyl adjacent to an activating group) is 1. The summed E-state index contributed by atoms with van der Waals surface area (Å²) in [6.07, 6.45) is -2.26. The van der Waals surface area contributed by atoms with Crippen LogP contribution in [0.25, 0.3) is 0 Å². The molecule has 0 aliphatic carbocycles. The van der Waals surface area contributed by atoms with E-state index in [0.29, 0.717) is 11.3 Å². The van der Waals surface area contributed by atoms with Gasteiger partial charge in [-0.3, -0.25) is 0 Å². The van der Waals surface area contributed by atoms with Crippen LogP contribution in [0.3, 0.4) is 0 Å². The summed E-state index contributed by atoms with van der Waals surface area (Å²) >= 11 is 0. The van der Waals surface area contributed by atoms with Crippen molar-refractivity contribution in [1.82, 2.24) is 0 Å². The lowest BCUT2D eigenvalue weighted by atomic mass is 10.1. The van der Waals surface area contributed by atoms with Crippen molar-refractivity contribution < 1.29 is 18.3 Å². The second kappa shape index (κ2) is 7.66. The standard InChI is InChI=1S/C16H17F3N2O/c1-3-5-13(16(17,18)19)9-15(11-22)21(2)14-7-4-6-12(8-14)10-20/h4-9,22H,3,11H2,1-2H3. The maximum atomic E-state index is 12.9. The fourth-order valence-electron chi connectivity index (χ4n) is 1.85. The average Bonchev–Trinajstić information content (AvgIpc) is 2.49. The number of aliphatic hydroxyl groups is 1. The third kappa shape index (κ3) is 4.64. The number of halogens is 3. The molecule has 1 aromatic rings. The van der Waals surface area contributed by atoms with Crippen LogP contribution in [0.1, 0.15) is 18.9 Å². The van der Waals surface area contributed by atoms with Crippen LogP contribution < -0.4 is 4.90 Å². The minimum Gasteiger partial charge on any atom is -0.390 e. The van der Waals surface area contributed by atoms with Gasteiger partial charge in [0, 0.05) is 18.4 Å². The zero-order valence-corrected chi connectivity index (χ0v) is 12.4. The highest BCUT2D eigenvalue weighted by Gasteiger charge is 2.32. The average molecular weight is 310 g/mol. The second-order valence-electron chi connectivity index (χ2n) is 4.58. The van der Waals surface area contributed by atoms with E-state index in [4.69, 9.17) is 5.26 Å². The van der Waals surface area contributed by atoms with Gasteiger partial charge in [0.2, 0.25) is 0 Å². The van der Waals surface area contributed by atoms with E-state index in [9.17, 15) is 18.3 Å². The molecule has 1 N–H and O–H groups in total. The zero-order chi connectivity index (χ0) is 16.8. The highest BCUT2D eigenvalue weighted by Crippen LogP contribution is 2.29. The first-order chi connectivity index (χ1) is 10.3. The quantitative estimate of drug-likeness (QED) is 0.842. The first kappa shape index (κ1) is 17.8. The van der Waals surface area contributed by atoms with E-state index in [-0.39, 0.29) is 12.1 Å². The van der Waals surface area contributed by atoms with E-state index in [0.717, 1.165) is 12.2 Å². The lowest BCUT2D eigenvalue weighted by Gasteiger charge is -2.22. The normalized spacial score (nSPS) is 13.0. The van der Waals surface area contributed by atoms with Crippen LogP contribution in [0, 0.1) is 11.3 Å². The Morgan fingerprint density at radius 3 is 2.59 bits per heavy atom. The highest BCUT2D eigenvalue weighted by molar-refractivity contribution is 5.56. The van der Waals surface area contributed by atoms with Crippen molar-refractivity contribution >= 4 is 5.69 Å². The molecule has 0 spiro atoms. The van der Waals surface area contributed by atoms with E-state index in [2.05, 4.69) is 0 Å². The monoisotopic (exact) mass is 310 g/mol. The largest absolute Gasteiger partial charge is 0.416 e. The van der Waals surface area contributed by atoms with Crippen LogP contribution in [-0.4, -0.2) is 24.9 Å². The summed E-state index contributed by atoms with van der Waals surface area (Å²) in [6.45, 7) is 1.06. The third-order valence-corrected chi connectivity index (χ3v) is 3.03. The summed E-state index contributed by atoms with van der Waals surface area (Å²) in [7, 11) is 1.54. The molecule has 0 bridgehead atoms. The molecule has 1 rings (SSSR count). The number of benzene rings is 1. The minimum atomic E-state index is -4.48. The third-order valence-electron chi connectivity index (χ3n) is 3.03. The first-order valence-electron chi connectivity index (χ1n) is 6.66. The topological polar surface area (TPSA) is 47.3 Å². The highest BCUT2D eigenvalue weighted by atomic mass is 19.4. The van der Waals surface area contributed by atoms with Crippen molar-refractivity contribution in [3.63, 3.8) is 0 Å². The Bertz CT molecular complexity index is 613. The van der Waals surface area contributed by atoms with Gasteiger partial charge in [0.15, 0.2) is 0 Å². The molecule has 0 fully saturated rings. The van der Waals surface area contributed by atoms with Crippen LogP contribution in [-0.2, 0) is 0 Å². The van der Waals surface area contributed by atoms with Gasteiger partial charge in [-0.2, -0.15) is 18.4 Å². The number of hydrogen-bond acceptors (Lipinski definition) is 3. The van der Waals surface area contributed by atoms with Gasteiger partial charge in [-0.05, 0) is 30.7 Å². The molecule has 22 heavy (non-hydrogen) atoms. The number of anilines is 1. The maximum Gasteiger partial charge on any atom is 0.416 e. The van der Waals surface area contributed by atoms with Crippen molar-refractivity contribution in [3.05, 3.63) is 53.3 Å². The van der Waals surface area contributed by atoms with E-state index >= 15 is 0 Å². The van der Waals surface area contributed by atoms with Crippen molar-refractivity contribution in [3.8, 4) is 6.07 Å². The molecule has 0 atom stereocenters.